The van der Waals surface area contributed by atoms with E-state index in [1.54, 1.807) is 0 Å². The first-order chi connectivity index (χ1) is 13.8. The Bertz CT molecular complexity index is 505. The number of unbranched alkanes of at least 4 members (excludes halogenated alkanes) is 2. The summed E-state index contributed by atoms with van der Waals surface area (Å²) in [6.45, 7) is 10.7. The summed E-state index contributed by atoms with van der Waals surface area (Å²) in [5.41, 5.74) is 0.327. The lowest BCUT2D eigenvalue weighted by Gasteiger charge is -2.24. The van der Waals surface area contributed by atoms with Crippen molar-refractivity contribution in [2.24, 2.45) is 10.8 Å². The van der Waals surface area contributed by atoms with E-state index in [1.165, 1.54) is 0 Å². The van der Waals surface area contributed by atoms with E-state index in [-0.39, 0.29) is 17.4 Å². The van der Waals surface area contributed by atoms with E-state index in [0.29, 0.717) is 13.0 Å². The second-order valence-electron chi connectivity index (χ2n) is 9.46. The smallest absolute Gasteiger partial charge is 0.381 e. The molecule has 0 saturated carbocycles. The van der Waals surface area contributed by atoms with Gasteiger partial charge in [0.1, 0.15) is 6.61 Å². The molecule has 8 nitrogen and oxygen atoms in total. The van der Waals surface area contributed by atoms with Gasteiger partial charge in [0.25, 0.3) is 0 Å². The zero-order valence-corrected chi connectivity index (χ0v) is 21.0. The molecule has 0 spiro atoms. The molecule has 0 aromatic carbocycles. The summed E-state index contributed by atoms with van der Waals surface area (Å²) in [5, 5.41) is 0. The van der Waals surface area contributed by atoms with Crippen LogP contribution in [-0.2, 0) is 22.9 Å². The molecule has 0 saturated heterocycles. The van der Waals surface area contributed by atoms with Crippen LogP contribution in [0.2, 0.25) is 0 Å². The molecule has 30 heavy (non-hydrogen) atoms. The van der Waals surface area contributed by atoms with Crippen LogP contribution in [0.15, 0.2) is 0 Å². The summed E-state index contributed by atoms with van der Waals surface area (Å²) in [5.74, 6) is 0. The van der Waals surface area contributed by atoms with Crippen LogP contribution in [0.1, 0.15) is 91.9 Å². The first-order valence-corrected chi connectivity index (χ1v) is 13.6. The minimum Gasteiger partial charge on any atom is -0.381 e. The molecule has 0 fully saturated rings. The summed E-state index contributed by atoms with van der Waals surface area (Å²) >= 11 is 0. The fourth-order valence-electron chi connectivity index (χ4n) is 3.39. The molecule has 0 aliphatic carbocycles. The summed E-state index contributed by atoms with van der Waals surface area (Å²) < 4.78 is 36.1. The molecule has 0 bridgehead atoms. The molecule has 3 N–H and O–H groups in total. The summed E-state index contributed by atoms with van der Waals surface area (Å²) in [6.07, 6.45) is 9.64. The normalized spacial score (nSPS) is 13.6. The topological polar surface area (TPSA) is 123 Å². The van der Waals surface area contributed by atoms with Crippen LogP contribution in [-0.4, -0.2) is 41.1 Å². The van der Waals surface area contributed by atoms with Crippen molar-refractivity contribution in [3.8, 4) is 0 Å². The standard InChI is InChI=1S/C20H42O8P2/c1-19(2,13-9-17-27-29(21)22)11-5-7-15-26-16-8-6-12-20(3,4)14-10-18-28-30(23,24)25/h5-18H2,1-4H3,(H2-,21,22,23,24,25)/p+1. The van der Waals surface area contributed by atoms with E-state index >= 15 is 0 Å². The third kappa shape index (κ3) is 21.3. The van der Waals surface area contributed by atoms with E-state index < -0.39 is 16.1 Å². The molecule has 0 radical (unpaired) electrons. The van der Waals surface area contributed by atoms with Gasteiger partial charge in [-0.1, -0.05) is 40.5 Å². The number of phosphoric ester groups is 1. The molecular weight excluding hydrogens is 430 g/mol. The Hall–Kier alpha value is 0.0900. The van der Waals surface area contributed by atoms with Crippen LogP contribution in [0.4, 0.5) is 0 Å². The third-order valence-electron chi connectivity index (χ3n) is 5.24. The Balaban J connectivity index is 3.59. The molecule has 0 amide bonds. The SMILES string of the molecule is CC(C)(CCCCOCCCCC(C)(C)CCCOP(=O)(O)O)CCCO[P+](=O)O. The van der Waals surface area contributed by atoms with Crippen molar-refractivity contribution in [1.82, 2.24) is 0 Å². The van der Waals surface area contributed by atoms with Gasteiger partial charge in [0, 0.05) is 17.8 Å². The van der Waals surface area contributed by atoms with Crippen molar-refractivity contribution in [1.29, 1.82) is 0 Å². The molecule has 1 atom stereocenters. The Morgan fingerprint density at radius 3 is 1.60 bits per heavy atom. The molecule has 1 unspecified atom stereocenters. The van der Waals surface area contributed by atoms with E-state index in [9.17, 15) is 9.13 Å². The minimum absolute atomic E-state index is 0.0887. The maximum Gasteiger partial charge on any atom is 0.694 e. The molecule has 0 aromatic rings. The van der Waals surface area contributed by atoms with Crippen molar-refractivity contribution >= 4 is 16.1 Å². The second kappa shape index (κ2) is 15.8. The highest BCUT2D eigenvalue weighted by molar-refractivity contribution is 7.46. The van der Waals surface area contributed by atoms with Crippen molar-refractivity contribution in [2.75, 3.05) is 26.4 Å². The highest BCUT2D eigenvalue weighted by Gasteiger charge is 2.20. The lowest BCUT2D eigenvalue weighted by molar-refractivity contribution is 0.118. The lowest BCUT2D eigenvalue weighted by Crippen LogP contribution is -2.13. The first-order valence-electron chi connectivity index (χ1n) is 10.9. The fraction of sp³-hybridized carbons (Fsp3) is 1.00. The molecular formula is C20H43O8P2+. The van der Waals surface area contributed by atoms with Crippen LogP contribution in [0.5, 0.6) is 0 Å². The zero-order chi connectivity index (χ0) is 23.1. The first kappa shape index (κ1) is 30.1. The quantitative estimate of drug-likeness (QED) is 0.151. The Kier molecular flexibility index (Phi) is 15.9. The Morgan fingerprint density at radius 2 is 1.17 bits per heavy atom. The number of hydrogen-bond donors (Lipinski definition) is 3. The van der Waals surface area contributed by atoms with Gasteiger partial charge in [-0.2, -0.15) is 0 Å². The van der Waals surface area contributed by atoms with Crippen molar-refractivity contribution < 1.29 is 37.6 Å². The number of hydrogen-bond acceptors (Lipinski definition) is 5. The van der Waals surface area contributed by atoms with Crippen LogP contribution in [0.3, 0.4) is 0 Å². The zero-order valence-electron chi connectivity index (χ0n) is 19.2. The summed E-state index contributed by atoms with van der Waals surface area (Å²) in [4.78, 5) is 26.0. The largest absolute Gasteiger partial charge is 0.694 e. The third-order valence-corrected chi connectivity index (χ3v) is 6.16. The summed E-state index contributed by atoms with van der Waals surface area (Å²) in [6, 6.07) is 0. The molecule has 0 aliphatic heterocycles. The van der Waals surface area contributed by atoms with Gasteiger partial charge in [-0.25, -0.2) is 4.57 Å². The Labute approximate surface area is 183 Å². The van der Waals surface area contributed by atoms with Gasteiger partial charge in [0.05, 0.1) is 6.61 Å². The van der Waals surface area contributed by atoms with E-state index in [2.05, 4.69) is 32.2 Å². The maximum atomic E-state index is 10.7. The predicted molar refractivity (Wildman–Crippen MR) is 118 cm³/mol. The van der Waals surface area contributed by atoms with Crippen molar-refractivity contribution in [3.05, 3.63) is 0 Å². The average molecular weight is 474 g/mol. The van der Waals surface area contributed by atoms with Crippen molar-refractivity contribution in [2.45, 2.75) is 91.9 Å². The van der Waals surface area contributed by atoms with E-state index in [1.807, 2.05) is 0 Å². The number of phosphoric acid groups is 1. The molecule has 180 valence electrons. The van der Waals surface area contributed by atoms with Crippen LogP contribution in [0.25, 0.3) is 0 Å². The maximum absolute atomic E-state index is 10.7. The molecule has 10 heteroatoms. The Morgan fingerprint density at radius 1 is 0.733 bits per heavy atom. The molecule has 0 heterocycles. The molecule has 0 aromatic heterocycles. The fourth-order valence-corrected chi connectivity index (χ4v) is 4.05. The van der Waals surface area contributed by atoms with Crippen LogP contribution < -0.4 is 0 Å². The van der Waals surface area contributed by atoms with Gasteiger partial charge in [0.2, 0.25) is 0 Å². The number of ether oxygens (including phenoxy) is 1. The van der Waals surface area contributed by atoms with Gasteiger partial charge in [-0.3, -0.25) is 4.52 Å². The van der Waals surface area contributed by atoms with Gasteiger partial charge in [-0.15, -0.1) is 9.42 Å². The van der Waals surface area contributed by atoms with E-state index in [0.717, 1.165) is 71.0 Å². The molecule has 0 aliphatic rings. The van der Waals surface area contributed by atoms with Gasteiger partial charge in [-0.05, 0) is 62.2 Å². The van der Waals surface area contributed by atoms with E-state index in [4.69, 9.17) is 23.9 Å². The lowest BCUT2D eigenvalue weighted by atomic mass is 9.83. The summed E-state index contributed by atoms with van der Waals surface area (Å²) in [7, 11) is -6.83. The van der Waals surface area contributed by atoms with Crippen LogP contribution >= 0.6 is 16.1 Å². The highest BCUT2D eigenvalue weighted by atomic mass is 31.2. The average Bonchev–Trinajstić information content (AvgIpc) is 2.60. The van der Waals surface area contributed by atoms with Gasteiger partial charge >= 0.3 is 16.1 Å². The predicted octanol–water partition coefficient (Wildman–Crippen LogP) is 5.73. The second-order valence-corrected chi connectivity index (χ2v) is 11.4. The number of rotatable bonds is 20. The monoisotopic (exact) mass is 473 g/mol. The van der Waals surface area contributed by atoms with Crippen molar-refractivity contribution in [3.63, 3.8) is 0 Å². The van der Waals surface area contributed by atoms with Gasteiger partial charge in [0.15, 0.2) is 0 Å². The minimum atomic E-state index is -4.35. The highest BCUT2D eigenvalue weighted by Crippen LogP contribution is 2.37. The van der Waals surface area contributed by atoms with Crippen LogP contribution in [0, 0.1) is 10.8 Å². The van der Waals surface area contributed by atoms with Gasteiger partial charge < -0.3 is 14.5 Å². The molecule has 0 rings (SSSR count).